The summed E-state index contributed by atoms with van der Waals surface area (Å²) in [7, 11) is -2.77. The Morgan fingerprint density at radius 2 is 2.24 bits per heavy atom. The van der Waals surface area contributed by atoms with E-state index < -0.39 is 7.68 Å². The fraction of sp³-hybridized carbons (Fsp3) is 0.273. The number of rotatable bonds is 5. The second-order valence-electron chi connectivity index (χ2n) is 3.19. The van der Waals surface area contributed by atoms with Gasteiger partial charge in [-0.3, -0.25) is 4.57 Å². The fourth-order valence-corrected chi connectivity index (χ4v) is 1.98. The standard InChI is InChI=1S/C11H14FO4P/c1-3-16-17(12,14)7-6-9-4-5-10(13)11(8-9)15-2/h4-8,13H,3H2,1-2H3/b7-6+. The van der Waals surface area contributed by atoms with Gasteiger partial charge in [-0.05, 0) is 30.7 Å². The highest BCUT2D eigenvalue weighted by atomic mass is 31.2. The van der Waals surface area contributed by atoms with Gasteiger partial charge in [0, 0.05) is 5.82 Å². The molecule has 0 spiro atoms. The van der Waals surface area contributed by atoms with E-state index in [0.29, 0.717) is 5.56 Å². The maximum Gasteiger partial charge on any atom is 0.390 e. The molecule has 1 aromatic rings. The van der Waals surface area contributed by atoms with Crippen LogP contribution in [0.15, 0.2) is 24.0 Å². The van der Waals surface area contributed by atoms with Crippen molar-refractivity contribution in [3.8, 4) is 11.5 Å². The van der Waals surface area contributed by atoms with E-state index in [-0.39, 0.29) is 18.1 Å². The number of phenolic OH excluding ortho intramolecular Hbond substituents is 1. The van der Waals surface area contributed by atoms with Gasteiger partial charge in [-0.25, -0.2) is 0 Å². The van der Waals surface area contributed by atoms with Gasteiger partial charge in [-0.15, -0.1) is 0 Å². The molecule has 1 atom stereocenters. The lowest BCUT2D eigenvalue weighted by atomic mass is 10.2. The maximum absolute atomic E-state index is 13.2. The molecule has 0 amide bonds. The van der Waals surface area contributed by atoms with Gasteiger partial charge >= 0.3 is 7.68 Å². The average molecular weight is 260 g/mol. The van der Waals surface area contributed by atoms with E-state index in [1.165, 1.54) is 25.3 Å². The zero-order valence-electron chi connectivity index (χ0n) is 9.59. The second-order valence-corrected chi connectivity index (χ2v) is 4.78. The molecule has 0 aliphatic heterocycles. The normalized spacial score (nSPS) is 14.8. The summed E-state index contributed by atoms with van der Waals surface area (Å²) in [6.07, 6.45) is 1.32. The highest BCUT2D eigenvalue weighted by molar-refractivity contribution is 7.57. The summed E-state index contributed by atoms with van der Waals surface area (Å²) >= 11 is 0. The lowest BCUT2D eigenvalue weighted by Gasteiger charge is -2.04. The lowest BCUT2D eigenvalue weighted by Crippen LogP contribution is -1.84. The van der Waals surface area contributed by atoms with Crippen LogP contribution in [0.4, 0.5) is 4.20 Å². The largest absolute Gasteiger partial charge is 0.504 e. The molecular formula is C11H14FO4P. The van der Waals surface area contributed by atoms with Crippen LogP contribution in [-0.2, 0) is 9.09 Å². The van der Waals surface area contributed by atoms with Crippen LogP contribution >= 0.6 is 7.68 Å². The molecule has 0 fully saturated rings. The van der Waals surface area contributed by atoms with Gasteiger partial charge in [-0.2, -0.15) is 4.20 Å². The molecule has 0 aliphatic carbocycles. The topological polar surface area (TPSA) is 55.8 Å². The number of hydrogen-bond donors (Lipinski definition) is 1. The van der Waals surface area contributed by atoms with E-state index in [1.54, 1.807) is 13.0 Å². The molecule has 4 nitrogen and oxygen atoms in total. The molecule has 1 unspecified atom stereocenters. The smallest absolute Gasteiger partial charge is 0.390 e. The molecule has 0 radical (unpaired) electrons. The molecule has 0 aromatic heterocycles. The average Bonchev–Trinajstić information content (AvgIpc) is 2.28. The third kappa shape index (κ3) is 4.21. The molecule has 1 N–H and O–H groups in total. The lowest BCUT2D eigenvalue weighted by molar-refractivity contribution is 0.312. The van der Waals surface area contributed by atoms with Crippen LogP contribution in [0.2, 0.25) is 0 Å². The van der Waals surface area contributed by atoms with Gasteiger partial charge in [0.15, 0.2) is 11.5 Å². The first-order chi connectivity index (χ1) is 7.98. The van der Waals surface area contributed by atoms with Crippen molar-refractivity contribution in [3.63, 3.8) is 0 Å². The van der Waals surface area contributed by atoms with Crippen molar-refractivity contribution in [2.75, 3.05) is 13.7 Å². The Labute approximate surface area is 99.3 Å². The van der Waals surface area contributed by atoms with Crippen molar-refractivity contribution in [2.45, 2.75) is 6.92 Å². The third-order valence-electron chi connectivity index (χ3n) is 1.95. The van der Waals surface area contributed by atoms with Crippen molar-refractivity contribution < 1.29 is 23.1 Å². The van der Waals surface area contributed by atoms with Gasteiger partial charge in [-0.1, -0.05) is 6.07 Å². The molecule has 94 valence electrons. The zero-order chi connectivity index (χ0) is 12.9. The van der Waals surface area contributed by atoms with Gasteiger partial charge in [0.1, 0.15) is 0 Å². The van der Waals surface area contributed by atoms with Crippen molar-refractivity contribution in [3.05, 3.63) is 29.6 Å². The Balaban J connectivity index is 2.88. The molecule has 1 aromatic carbocycles. The van der Waals surface area contributed by atoms with Gasteiger partial charge < -0.3 is 14.4 Å². The predicted molar refractivity (Wildman–Crippen MR) is 64.0 cm³/mol. The van der Waals surface area contributed by atoms with Gasteiger partial charge in [0.2, 0.25) is 0 Å². The Kier molecular flexibility index (Phi) is 4.73. The number of benzene rings is 1. The van der Waals surface area contributed by atoms with Crippen LogP contribution in [0.3, 0.4) is 0 Å². The van der Waals surface area contributed by atoms with Crippen molar-refractivity contribution in [1.29, 1.82) is 0 Å². The molecule has 1 rings (SSSR count). The Bertz CT molecular complexity index is 459. The third-order valence-corrected chi connectivity index (χ3v) is 3.07. The van der Waals surface area contributed by atoms with Crippen LogP contribution in [0.1, 0.15) is 12.5 Å². The van der Waals surface area contributed by atoms with E-state index in [0.717, 1.165) is 5.82 Å². The summed E-state index contributed by atoms with van der Waals surface area (Å²) in [6.45, 7) is 1.60. The van der Waals surface area contributed by atoms with Crippen LogP contribution < -0.4 is 4.74 Å². The Morgan fingerprint density at radius 1 is 1.53 bits per heavy atom. The van der Waals surface area contributed by atoms with E-state index >= 15 is 0 Å². The first-order valence-electron chi connectivity index (χ1n) is 4.98. The monoisotopic (exact) mass is 260 g/mol. The van der Waals surface area contributed by atoms with Crippen LogP contribution in [0.5, 0.6) is 11.5 Å². The van der Waals surface area contributed by atoms with E-state index in [1.807, 2.05) is 0 Å². The minimum Gasteiger partial charge on any atom is -0.504 e. The van der Waals surface area contributed by atoms with Crippen molar-refractivity contribution >= 4 is 13.8 Å². The van der Waals surface area contributed by atoms with Crippen LogP contribution in [0, 0.1) is 0 Å². The van der Waals surface area contributed by atoms with Gasteiger partial charge in [0.05, 0.1) is 13.7 Å². The fourth-order valence-electron chi connectivity index (χ4n) is 1.19. The minimum absolute atomic E-state index is 0.0158. The molecule has 0 saturated heterocycles. The van der Waals surface area contributed by atoms with Crippen molar-refractivity contribution in [1.82, 2.24) is 0 Å². The Hall–Kier alpha value is -1.32. The quantitative estimate of drug-likeness (QED) is 0.822. The highest BCUT2D eigenvalue weighted by Gasteiger charge is 2.15. The van der Waals surface area contributed by atoms with E-state index in [4.69, 9.17) is 4.74 Å². The van der Waals surface area contributed by atoms with E-state index in [2.05, 4.69) is 4.52 Å². The molecular weight excluding hydrogens is 246 g/mol. The highest BCUT2D eigenvalue weighted by Crippen LogP contribution is 2.50. The zero-order valence-corrected chi connectivity index (χ0v) is 10.5. The minimum atomic E-state index is -4.18. The summed E-state index contributed by atoms with van der Waals surface area (Å²) in [5, 5.41) is 9.34. The Morgan fingerprint density at radius 3 is 2.82 bits per heavy atom. The molecule has 6 heteroatoms. The summed E-state index contributed by atoms with van der Waals surface area (Å²) in [4.78, 5) is 0. The number of ether oxygens (including phenoxy) is 1. The number of hydrogen-bond acceptors (Lipinski definition) is 4. The SMILES string of the molecule is CCOP(=O)(F)/C=C/c1ccc(O)c(OC)c1. The van der Waals surface area contributed by atoms with Crippen molar-refractivity contribution in [2.24, 2.45) is 0 Å². The number of phenols is 1. The second kappa shape index (κ2) is 5.84. The summed E-state index contributed by atoms with van der Waals surface area (Å²) in [5.41, 5.74) is 0.553. The molecule has 0 heterocycles. The molecule has 17 heavy (non-hydrogen) atoms. The summed E-state index contributed by atoms with van der Waals surface area (Å²) in [5.74, 6) is 1.12. The van der Waals surface area contributed by atoms with E-state index in [9.17, 15) is 13.9 Å². The predicted octanol–water partition coefficient (Wildman–Crippen LogP) is 3.57. The summed E-state index contributed by atoms with van der Waals surface area (Å²) in [6, 6.07) is 4.44. The van der Waals surface area contributed by atoms with Gasteiger partial charge in [0.25, 0.3) is 0 Å². The first kappa shape index (κ1) is 13.7. The molecule has 0 saturated carbocycles. The number of methoxy groups -OCH3 is 1. The molecule has 0 bridgehead atoms. The van der Waals surface area contributed by atoms with Crippen LogP contribution in [0.25, 0.3) is 6.08 Å². The number of halogens is 1. The maximum atomic E-state index is 13.2. The van der Waals surface area contributed by atoms with Crippen LogP contribution in [-0.4, -0.2) is 18.8 Å². The molecule has 0 aliphatic rings. The summed E-state index contributed by atoms with van der Waals surface area (Å²) < 4.78 is 33.7. The first-order valence-corrected chi connectivity index (χ1v) is 6.57. The number of aromatic hydroxyl groups is 1.